The highest BCUT2D eigenvalue weighted by atomic mass is 35.5. The van der Waals surface area contributed by atoms with E-state index in [0.29, 0.717) is 21.7 Å². The molecule has 4 rings (SSSR count). The number of carbonyl (C=O) groups excluding carboxylic acids is 1. The van der Waals surface area contributed by atoms with E-state index in [2.05, 4.69) is 10.3 Å². The summed E-state index contributed by atoms with van der Waals surface area (Å²) in [4.78, 5) is 41.2. The number of thioether (sulfide) groups is 1. The van der Waals surface area contributed by atoms with Crippen LogP contribution in [-0.2, 0) is 4.79 Å². The zero-order valence-corrected chi connectivity index (χ0v) is 18.9. The number of anilines is 1. The molecule has 8 nitrogen and oxygen atoms in total. The first-order valence-electron chi connectivity index (χ1n) is 9.79. The van der Waals surface area contributed by atoms with Crippen LogP contribution in [0.4, 0.5) is 11.4 Å². The Morgan fingerprint density at radius 2 is 1.88 bits per heavy atom. The second kappa shape index (κ2) is 9.43. The van der Waals surface area contributed by atoms with Crippen LogP contribution in [0.2, 0.25) is 5.02 Å². The number of carbonyl (C=O) groups is 1. The van der Waals surface area contributed by atoms with Crippen LogP contribution >= 0.6 is 23.4 Å². The molecule has 0 unspecified atom stereocenters. The van der Waals surface area contributed by atoms with Crippen molar-refractivity contribution >= 4 is 51.5 Å². The fourth-order valence-electron chi connectivity index (χ4n) is 3.32. The number of aromatic nitrogens is 2. The van der Waals surface area contributed by atoms with Gasteiger partial charge in [0, 0.05) is 11.1 Å². The number of nitro benzene ring substituents is 1. The van der Waals surface area contributed by atoms with Gasteiger partial charge in [0.05, 0.1) is 27.3 Å². The van der Waals surface area contributed by atoms with Crippen LogP contribution in [-0.4, -0.2) is 26.1 Å². The van der Waals surface area contributed by atoms with Crippen molar-refractivity contribution in [3.05, 3.63) is 97.8 Å². The Balaban J connectivity index is 1.68. The minimum absolute atomic E-state index is 0.000801. The molecule has 0 radical (unpaired) electrons. The van der Waals surface area contributed by atoms with Gasteiger partial charge in [-0.05, 0) is 42.8 Å². The van der Waals surface area contributed by atoms with E-state index < -0.39 is 10.8 Å². The molecule has 1 amide bonds. The van der Waals surface area contributed by atoms with E-state index in [9.17, 15) is 19.7 Å². The second-order valence-corrected chi connectivity index (χ2v) is 8.47. The Morgan fingerprint density at radius 1 is 1.15 bits per heavy atom. The van der Waals surface area contributed by atoms with Crippen molar-refractivity contribution in [2.24, 2.45) is 0 Å². The van der Waals surface area contributed by atoms with Crippen molar-refractivity contribution in [1.82, 2.24) is 9.55 Å². The summed E-state index contributed by atoms with van der Waals surface area (Å²) in [5, 5.41) is 14.8. The topological polar surface area (TPSA) is 107 Å². The smallest absolute Gasteiger partial charge is 0.292 e. The number of rotatable bonds is 6. The molecule has 0 bridgehead atoms. The maximum Gasteiger partial charge on any atom is 0.292 e. The molecule has 0 aliphatic rings. The highest BCUT2D eigenvalue weighted by Gasteiger charge is 2.19. The summed E-state index contributed by atoms with van der Waals surface area (Å²) >= 11 is 6.99. The van der Waals surface area contributed by atoms with Gasteiger partial charge in [0.25, 0.3) is 11.2 Å². The number of para-hydroxylation sites is 2. The van der Waals surface area contributed by atoms with Crippen molar-refractivity contribution < 1.29 is 9.72 Å². The van der Waals surface area contributed by atoms with Crippen LogP contribution < -0.4 is 10.9 Å². The molecule has 1 N–H and O–H groups in total. The van der Waals surface area contributed by atoms with Crippen molar-refractivity contribution in [1.29, 1.82) is 0 Å². The fraction of sp³-hybridized carbons (Fsp3) is 0.0870. The average molecular weight is 481 g/mol. The number of amides is 1. The third-order valence-corrected chi connectivity index (χ3v) is 6.04. The molecule has 0 saturated heterocycles. The molecule has 4 aromatic rings. The van der Waals surface area contributed by atoms with Gasteiger partial charge in [0.2, 0.25) is 5.91 Å². The first-order valence-corrected chi connectivity index (χ1v) is 11.2. The van der Waals surface area contributed by atoms with Gasteiger partial charge in [-0.25, -0.2) is 4.98 Å². The number of halogens is 1. The summed E-state index contributed by atoms with van der Waals surface area (Å²) < 4.78 is 1.48. The zero-order valence-electron chi connectivity index (χ0n) is 17.3. The molecule has 0 atom stereocenters. The van der Waals surface area contributed by atoms with Gasteiger partial charge in [0.15, 0.2) is 5.16 Å². The van der Waals surface area contributed by atoms with Crippen molar-refractivity contribution in [2.75, 3.05) is 11.1 Å². The van der Waals surface area contributed by atoms with E-state index in [4.69, 9.17) is 11.6 Å². The largest absolute Gasteiger partial charge is 0.320 e. The van der Waals surface area contributed by atoms with Crippen LogP contribution in [0, 0.1) is 17.0 Å². The van der Waals surface area contributed by atoms with E-state index in [0.717, 1.165) is 17.3 Å². The lowest BCUT2D eigenvalue weighted by Gasteiger charge is -2.15. The lowest BCUT2D eigenvalue weighted by molar-refractivity contribution is -0.383. The quantitative estimate of drug-likeness (QED) is 0.180. The first kappa shape index (κ1) is 22.5. The summed E-state index contributed by atoms with van der Waals surface area (Å²) in [5.41, 5.74) is 1.54. The second-order valence-electron chi connectivity index (χ2n) is 7.09. The van der Waals surface area contributed by atoms with Crippen LogP contribution in [0.1, 0.15) is 5.56 Å². The minimum atomic E-state index is -0.597. The van der Waals surface area contributed by atoms with Gasteiger partial charge in [-0.1, -0.05) is 53.7 Å². The Bertz CT molecular complexity index is 1450. The number of nitro groups is 1. The zero-order chi connectivity index (χ0) is 23.5. The Kier molecular flexibility index (Phi) is 6.43. The van der Waals surface area contributed by atoms with E-state index in [1.54, 1.807) is 24.3 Å². The normalized spacial score (nSPS) is 10.8. The first-order chi connectivity index (χ1) is 15.8. The van der Waals surface area contributed by atoms with Crippen LogP contribution in [0.3, 0.4) is 0 Å². The monoisotopic (exact) mass is 480 g/mol. The summed E-state index contributed by atoms with van der Waals surface area (Å²) in [6.45, 7) is 1.89. The molecule has 0 fully saturated rings. The van der Waals surface area contributed by atoms with Crippen LogP contribution in [0.5, 0.6) is 0 Å². The van der Waals surface area contributed by atoms with Crippen LogP contribution in [0.25, 0.3) is 16.6 Å². The molecular weight excluding hydrogens is 464 g/mol. The van der Waals surface area contributed by atoms with Gasteiger partial charge in [-0.2, -0.15) is 0 Å². The van der Waals surface area contributed by atoms with Crippen molar-refractivity contribution in [3.8, 4) is 5.69 Å². The molecule has 0 spiro atoms. The Hall–Kier alpha value is -3.69. The molecule has 33 heavy (non-hydrogen) atoms. The predicted octanol–water partition coefficient (Wildman–Crippen LogP) is 4.99. The number of aryl methyl sites for hydroxylation is 1. The Labute approximate surface area is 197 Å². The van der Waals surface area contributed by atoms with E-state index in [1.165, 1.54) is 22.8 Å². The summed E-state index contributed by atoms with van der Waals surface area (Å²) in [6, 6.07) is 18.3. The third-order valence-electron chi connectivity index (χ3n) is 4.86. The maximum absolute atomic E-state index is 13.3. The SMILES string of the molecule is Cc1ccccc1-n1c(SCC(=O)Nc2cc(Cl)ccc2[N+](=O)[O-])nc2ccccc2c1=O. The molecule has 10 heteroatoms. The minimum Gasteiger partial charge on any atom is -0.320 e. The number of hydrogen-bond acceptors (Lipinski definition) is 6. The molecule has 0 saturated carbocycles. The summed E-state index contributed by atoms with van der Waals surface area (Å²) in [5.74, 6) is -0.621. The van der Waals surface area contributed by atoms with Gasteiger partial charge in [-0.15, -0.1) is 0 Å². The third kappa shape index (κ3) is 4.74. The lowest BCUT2D eigenvalue weighted by Crippen LogP contribution is -2.23. The van der Waals surface area contributed by atoms with Gasteiger partial charge >= 0.3 is 0 Å². The molecule has 1 heterocycles. The van der Waals surface area contributed by atoms with Gasteiger partial charge < -0.3 is 5.32 Å². The van der Waals surface area contributed by atoms with Gasteiger partial charge in [0.1, 0.15) is 5.69 Å². The van der Waals surface area contributed by atoms with Crippen LogP contribution in [0.15, 0.2) is 76.7 Å². The number of nitrogens with one attached hydrogen (secondary N) is 1. The van der Waals surface area contributed by atoms with Gasteiger partial charge in [-0.3, -0.25) is 24.3 Å². The molecule has 3 aromatic carbocycles. The number of hydrogen-bond donors (Lipinski definition) is 1. The standard InChI is InChI=1S/C23H17ClN4O4S/c1-14-6-2-5-9-19(14)27-22(30)16-7-3-4-8-17(16)26-23(27)33-13-21(29)25-18-12-15(24)10-11-20(18)28(31)32/h2-12H,13H2,1H3,(H,25,29). The van der Waals surface area contributed by atoms with E-state index >= 15 is 0 Å². The summed E-state index contributed by atoms with van der Waals surface area (Å²) in [7, 11) is 0. The summed E-state index contributed by atoms with van der Waals surface area (Å²) in [6.07, 6.45) is 0. The van der Waals surface area contributed by atoms with Crippen molar-refractivity contribution in [3.63, 3.8) is 0 Å². The molecule has 0 aliphatic carbocycles. The Morgan fingerprint density at radius 3 is 2.64 bits per heavy atom. The number of fused-ring (bicyclic) bond motifs is 1. The molecule has 1 aromatic heterocycles. The highest BCUT2D eigenvalue weighted by molar-refractivity contribution is 7.99. The maximum atomic E-state index is 13.3. The van der Waals surface area contributed by atoms with Crippen molar-refractivity contribution in [2.45, 2.75) is 12.1 Å². The van der Waals surface area contributed by atoms with E-state index in [-0.39, 0.29) is 27.7 Å². The highest BCUT2D eigenvalue weighted by Crippen LogP contribution is 2.28. The molecule has 0 aliphatic heterocycles. The molecular formula is C23H17ClN4O4S. The lowest BCUT2D eigenvalue weighted by atomic mass is 10.2. The molecule has 166 valence electrons. The fourth-order valence-corrected chi connectivity index (χ4v) is 4.30. The predicted molar refractivity (Wildman–Crippen MR) is 130 cm³/mol. The van der Waals surface area contributed by atoms with E-state index in [1.807, 2.05) is 31.2 Å². The number of nitrogens with zero attached hydrogens (tertiary/aromatic N) is 3. The average Bonchev–Trinajstić information content (AvgIpc) is 2.78. The number of benzene rings is 3.